The highest BCUT2D eigenvalue weighted by Crippen LogP contribution is 2.37. The van der Waals surface area contributed by atoms with Crippen molar-refractivity contribution in [3.05, 3.63) is 0 Å². The Hall–Kier alpha value is -0.290. The van der Waals surface area contributed by atoms with E-state index in [1.54, 1.807) is 0 Å². The second kappa shape index (κ2) is 5.57. The van der Waals surface area contributed by atoms with E-state index >= 15 is 0 Å². The molecule has 17 heavy (non-hydrogen) atoms. The monoisotopic (exact) mass is 253 g/mol. The molecule has 2 N–H and O–H groups in total. The Morgan fingerprint density at radius 2 is 1.76 bits per heavy atom. The Balaban J connectivity index is 2.55. The quantitative estimate of drug-likeness (QED) is 0.807. The molecule has 0 aromatic heterocycles. The first-order chi connectivity index (χ1) is 7.76. The summed E-state index contributed by atoms with van der Waals surface area (Å²) in [5.74, 6) is -1.23. The van der Waals surface area contributed by atoms with Crippen LogP contribution in [0.25, 0.3) is 0 Å². The van der Waals surface area contributed by atoms with E-state index < -0.39 is 18.1 Å². The van der Waals surface area contributed by atoms with E-state index in [4.69, 9.17) is 5.11 Å². The minimum absolute atomic E-state index is 0.0244. The van der Waals surface area contributed by atoms with Crippen LogP contribution in [0.4, 0.5) is 13.2 Å². The summed E-state index contributed by atoms with van der Waals surface area (Å²) < 4.78 is 38.4. The Morgan fingerprint density at radius 1 is 1.18 bits per heavy atom. The molecule has 0 saturated heterocycles. The molecule has 0 heterocycles. The fourth-order valence-electron chi connectivity index (χ4n) is 2.23. The molecular formula is C12H22F3NO. The highest BCUT2D eigenvalue weighted by molar-refractivity contribution is 4.87. The molecule has 5 heteroatoms. The fourth-order valence-corrected chi connectivity index (χ4v) is 2.23. The molecular weight excluding hydrogens is 231 g/mol. The SMILES string of the molecule is CC(C)(CO)CNC1CCCCC1C(F)(F)F. The van der Waals surface area contributed by atoms with Gasteiger partial charge in [-0.25, -0.2) is 0 Å². The Labute approximate surface area is 101 Å². The van der Waals surface area contributed by atoms with Crippen molar-refractivity contribution in [2.45, 2.75) is 51.7 Å². The van der Waals surface area contributed by atoms with Gasteiger partial charge >= 0.3 is 6.18 Å². The summed E-state index contributed by atoms with van der Waals surface area (Å²) in [4.78, 5) is 0. The summed E-state index contributed by atoms with van der Waals surface area (Å²) in [5.41, 5.74) is -0.367. The Morgan fingerprint density at radius 3 is 2.29 bits per heavy atom. The van der Waals surface area contributed by atoms with Crippen molar-refractivity contribution >= 4 is 0 Å². The second-order valence-corrected chi connectivity index (χ2v) is 5.74. The summed E-state index contributed by atoms with van der Waals surface area (Å²) in [6, 6.07) is -0.491. The van der Waals surface area contributed by atoms with E-state index in [9.17, 15) is 13.2 Å². The molecule has 2 nitrogen and oxygen atoms in total. The summed E-state index contributed by atoms with van der Waals surface area (Å²) in [7, 11) is 0. The number of hydrogen-bond donors (Lipinski definition) is 2. The molecule has 0 aromatic rings. The van der Waals surface area contributed by atoms with Crippen LogP contribution >= 0.6 is 0 Å². The third-order valence-corrected chi connectivity index (χ3v) is 3.46. The van der Waals surface area contributed by atoms with Crippen molar-refractivity contribution < 1.29 is 18.3 Å². The van der Waals surface area contributed by atoms with Crippen molar-refractivity contribution in [2.24, 2.45) is 11.3 Å². The molecule has 0 spiro atoms. The maximum Gasteiger partial charge on any atom is 0.393 e. The first-order valence-electron chi connectivity index (χ1n) is 6.17. The topological polar surface area (TPSA) is 32.3 Å². The van der Waals surface area contributed by atoms with E-state index in [0.29, 0.717) is 19.4 Å². The van der Waals surface area contributed by atoms with Gasteiger partial charge in [-0.1, -0.05) is 26.7 Å². The molecule has 1 aliphatic carbocycles. The normalized spacial score (nSPS) is 27.2. The maximum absolute atomic E-state index is 12.8. The third kappa shape index (κ3) is 4.47. The Kier molecular flexibility index (Phi) is 4.84. The molecule has 0 amide bonds. The largest absolute Gasteiger partial charge is 0.396 e. The zero-order valence-corrected chi connectivity index (χ0v) is 10.5. The number of aliphatic hydroxyl groups is 1. The fraction of sp³-hybridized carbons (Fsp3) is 1.00. The molecule has 1 saturated carbocycles. The third-order valence-electron chi connectivity index (χ3n) is 3.46. The van der Waals surface area contributed by atoms with Gasteiger partial charge < -0.3 is 10.4 Å². The number of nitrogens with one attached hydrogen (secondary N) is 1. The molecule has 1 aliphatic rings. The van der Waals surface area contributed by atoms with Gasteiger partial charge in [-0.3, -0.25) is 0 Å². The molecule has 1 fully saturated rings. The molecule has 0 bridgehead atoms. The summed E-state index contributed by atoms with van der Waals surface area (Å²) in [5, 5.41) is 12.1. The van der Waals surface area contributed by atoms with E-state index in [0.717, 1.165) is 6.42 Å². The van der Waals surface area contributed by atoms with E-state index in [1.807, 2.05) is 13.8 Å². The van der Waals surface area contributed by atoms with Crippen LogP contribution in [0.5, 0.6) is 0 Å². The van der Waals surface area contributed by atoms with Gasteiger partial charge in [-0.2, -0.15) is 13.2 Å². The van der Waals surface area contributed by atoms with Crippen LogP contribution in [0, 0.1) is 11.3 Å². The lowest BCUT2D eigenvalue weighted by Gasteiger charge is -2.35. The number of aliphatic hydroxyl groups excluding tert-OH is 1. The van der Waals surface area contributed by atoms with Crippen molar-refractivity contribution in [3.63, 3.8) is 0 Å². The standard InChI is InChI=1S/C12H22F3NO/c1-11(2,8-17)7-16-10-6-4-3-5-9(10)12(13,14)15/h9-10,16-17H,3-8H2,1-2H3. The highest BCUT2D eigenvalue weighted by atomic mass is 19.4. The van der Waals surface area contributed by atoms with Crippen molar-refractivity contribution in [3.8, 4) is 0 Å². The van der Waals surface area contributed by atoms with E-state index in [1.165, 1.54) is 0 Å². The minimum Gasteiger partial charge on any atom is -0.396 e. The first kappa shape index (κ1) is 14.8. The van der Waals surface area contributed by atoms with Crippen LogP contribution in [0.1, 0.15) is 39.5 Å². The van der Waals surface area contributed by atoms with Crippen LogP contribution < -0.4 is 5.32 Å². The highest BCUT2D eigenvalue weighted by Gasteiger charge is 2.45. The van der Waals surface area contributed by atoms with Crippen LogP contribution in [-0.2, 0) is 0 Å². The second-order valence-electron chi connectivity index (χ2n) is 5.74. The number of rotatable bonds is 4. The predicted octanol–water partition coefficient (Wildman–Crippen LogP) is 2.72. The van der Waals surface area contributed by atoms with Gasteiger partial charge in [0, 0.05) is 24.6 Å². The van der Waals surface area contributed by atoms with Crippen LogP contribution in [-0.4, -0.2) is 30.5 Å². The zero-order valence-electron chi connectivity index (χ0n) is 10.5. The molecule has 1 rings (SSSR count). The van der Waals surface area contributed by atoms with Crippen LogP contribution in [0.15, 0.2) is 0 Å². The average Bonchev–Trinajstić information content (AvgIpc) is 2.26. The first-order valence-corrected chi connectivity index (χ1v) is 6.17. The number of alkyl halides is 3. The summed E-state index contributed by atoms with van der Waals surface area (Å²) >= 11 is 0. The van der Waals surface area contributed by atoms with Crippen LogP contribution in [0.3, 0.4) is 0 Å². The average molecular weight is 253 g/mol. The summed E-state index contributed by atoms with van der Waals surface area (Å²) in [6.07, 6.45) is -1.80. The lowest BCUT2D eigenvalue weighted by Crippen LogP contribution is -2.48. The molecule has 0 radical (unpaired) electrons. The van der Waals surface area contributed by atoms with E-state index in [-0.39, 0.29) is 18.4 Å². The van der Waals surface area contributed by atoms with Crippen molar-refractivity contribution in [1.29, 1.82) is 0 Å². The molecule has 102 valence electrons. The molecule has 0 aromatic carbocycles. The molecule has 2 unspecified atom stereocenters. The van der Waals surface area contributed by atoms with Crippen molar-refractivity contribution in [1.82, 2.24) is 5.32 Å². The van der Waals surface area contributed by atoms with Gasteiger partial charge in [0.05, 0.1) is 5.92 Å². The maximum atomic E-state index is 12.8. The smallest absolute Gasteiger partial charge is 0.393 e. The summed E-state index contributed by atoms with van der Waals surface area (Å²) in [6.45, 7) is 4.07. The lowest BCUT2D eigenvalue weighted by molar-refractivity contribution is -0.189. The lowest BCUT2D eigenvalue weighted by atomic mass is 9.83. The van der Waals surface area contributed by atoms with E-state index in [2.05, 4.69) is 5.32 Å². The predicted molar refractivity (Wildman–Crippen MR) is 60.7 cm³/mol. The zero-order chi connectivity index (χ0) is 13.1. The molecule has 0 aliphatic heterocycles. The van der Waals surface area contributed by atoms with Gasteiger partial charge in [-0.15, -0.1) is 0 Å². The van der Waals surface area contributed by atoms with Gasteiger partial charge in [0.25, 0.3) is 0 Å². The number of hydrogen-bond acceptors (Lipinski definition) is 2. The van der Waals surface area contributed by atoms with Gasteiger partial charge in [0.2, 0.25) is 0 Å². The Bertz CT molecular complexity index is 240. The van der Waals surface area contributed by atoms with Gasteiger partial charge in [-0.05, 0) is 12.8 Å². The van der Waals surface area contributed by atoms with Crippen molar-refractivity contribution in [2.75, 3.05) is 13.2 Å². The minimum atomic E-state index is -4.11. The van der Waals surface area contributed by atoms with Gasteiger partial charge in [0.15, 0.2) is 0 Å². The van der Waals surface area contributed by atoms with Crippen LogP contribution in [0.2, 0.25) is 0 Å². The molecule has 2 atom stereocenters. The van der Waals surface area contributed by atoms with Gasteiger partial charge in [0.1, 0.15) is 0 Å². The number of halogens is 3.